The van der Waals surface area contributed by atoms with E-state index in [1.807, 2.05) is 6.07 Å². The van der Waals surface area contributed by atoms with E-state index in [9.17, 15) is 0 Å². The number of anilines is 2. The highest BCUT2D eigenvalue weighted by molar-refractivity contribution is 7.19. The van der Waals surface area contributed by atoms with Gasteiger partial charge in [-0.2, -0.15) is 0 Å². The van der Waals surface area contributed by atoms with E-state index in [0.717, 1.165) is 39.1 Å². The predicted octanol–water partition coefficient (Wildman–Crippen LogP) is 9.48. The van der Waals surface area contributed by atoms with Crippen molar-refractivity contribution in [1.29, 1.82) is 0 Å². The zero-order chi connectivity index (χ0) is 24.9. The number of aromatic nitrogens is 1. The molecule has 0 spiro atoms. The van der Waals surface area contributed by atoms with E-state index in [1.165, 1.54) is 16.7 Å². The van der Waals surface area contributed by atoms with Crippen LogP contribution in [0.4, 0.5) is 10.7 Å². The summed E-state index contributed by atoms with van der Waals surface area (Å²) in [7, 11) is 0. The molecule has 178 valence electrons. The molecule has 37 heavy (non-hydrogen) atoms. The van der Waals surface area contributed by atoms with Crippen molar-refractivity contribution in [3.8, 4) is 33.0 Å². The monoisotopic (exact) mass is 494 g/mol. The molecule has 0 aliphatic rings. The third-order valence-electron chi connectivity index (χ3n) is 6.39. The number of nitrogens with zero attached hydrogens (tertiary/aromatic N) is 2. The van der Waals surface area contributed by atoms with Crippen molar-refractivity contribution in [2.75, 3.05) is 4.90 Å². The summed E-state index contributed by atoms with van der Waals surface area (Å²) in [5.74, 6) is 0. The molecule has 0 N–H and O–H groups in total. The fourth-order valence-corrected chi connectivity index (χ4v) is 5.61. The predicted molar refractivity (Wildman–Crippen MR) is 157 cm³/mol. The van der Waals surface area contributed by atoms with Crippen molar-refractivity contribution in [1.82, 2.24) is 4.98 Å². The van der Waals surface area contributed by atoms with Gasteiger partial charge in [0.2, 0.25) is 0 Å². The first-order chi connectivity index (χ1) is 18.3. The zero-order valence-corrected chi connectivity index (χ0v) is 21.2. The molecule has 0 amide bonds. The highest BCUT2D eigenvalue weighted by Crippen LogP contribution is 2.44. The van der Waals surface area contributed by atoms with Crippen molar-refractivity contribution in [3.63, 3.8) is 0 Å². The molecule has 0 unspecified atom stereocenters. The molecule has 1 heterocycles. The standard InChI is InChI=1S/C34H26N2S/c1-5-13-26(14-6-1)25-36(31-19-11-4-12-20-31)34-32(29-17-9-3-10-18-29)35-33(37-34)30-23-21-28(22-24-30)27-15-7-2-8-16-27/h1-24H,25H2. The molecule has 2 nitrogen and oxygen atoms in total. The van der Waals surface area contributed by atoms with E-state index in [1.54, 1.807) is 11.3 Å². The second-order valence-corrected chi connectivity index (χ2v) is 9.87. The van der Waals surface area contributed by atoms with Gasteiger partial charge in [-0.1, -0.05) is 145 Å². The Kier molecular flexibility index (Phi) is 6.61. The molecule has 0 saturated heterocycles. The average Bonchev–Trinajstić information content (AvgIpc) is 3.43. The lowest BCUT2D eigenvalue weighted by Gasteiger charge is -2.24. The van der Waals surface area contributed by atoms with Gasteiger partial charge >= 0.3 is 0 Å². The third-order valence-corrected chi connectivity index (χ3v) is 7.52. The number of para-hydroxylation sites is 1. The highest BCUT2D eigenvalue weighted by atomic mass is 32.1. The molecule has 0 atom stereocenters. The number of benzene rings is 5. The molecule has 6 aromatic rings. The summed E-state index contributed by atoms with van der Waals surface area (Å²) < 4.78 is 0. The molecular weight excluding hydrogens is 468 g/mol. The molecule has 0 radical (unpaired) electrons. The number of hydrogen-bond donors (Lipinski definition) is 0. The minimum atomic E-state index is 0.763. The van der Waals surface area contributed by atoms with Crippen molar-refractivity contribution in [3.05, 3.63) is 151 Å². The first-order valence-corrected chi connectivity index (χ1v) is 13.3. The van der Waals surface area contributed by atoms with Crippen LogP contribution in [-0.2, 0) is 6.54 Å². The molecule has 3 heteroatoms. The summed E-state index contributed by atoms with van der Waals surface area (Å²) in [6.07, 6.45) is 0. The van der Waals surface area contributed by atoms with Crippen LogP contribution in [0.2, 0.25) is 0 Å². The smallest absolute Gasteiger partial charge is 0.126 e. The fraction of sp³-hybridized carbons (Fsp3) is 0.0294. The maximum Gasteiger partial charge on any atom is 0.126 e. The minimum absolute atomic E-state index is 0.763. The van der Waals surface area contributed by atoms with Crippen LogP contribution in [0.15, 0.2) is 146 Å². The molecule has 0 aliphatic heterocycles. The Hall–Kier alpha value is -4.47. The van der Waals surface area contributed by atoms with Crippen LogP contribution in [0.5, 0.6) is 0 Å². The SMILES string of the molecule is c1ccc(CN(c2ccccc2)c2sc(-c3ccc(-c4ccccc4)cc3)nc2-c2ccccc2)cc1. The van der Waals surface area contributed by atoms with Crippen molar-refractivity contribution in [2.45, 2.75) is 6.54 Å². The zero-order valence-electron chi connectivity index (χ0n) is 20.4. The topological polar surface area (TPSA) is 16.1 Å². The van der Waals surface area contributed by atoms with Crippen LogP contribution in [0.3, 0.4) is 0 Å². The van der Waals surface area contributed by atoms with Gasteiger partial charge in [-0.15, -0.1) is 0 Å². The van der Waals surface area contributed by atoms with Crippen LogP contribution < -0.4 is 4.90 Å². The van der Waals surface area contributed by atoms with E-state index in [4.69, 9.17) is 4.98 Å². The Labute approximate surface area is 222 Å². The Balaban J connectivity index is 1.46. The summed E-state index contributed by atoms with van der Waals surface area (Å²) in [4.78, 5) is 7.60. The van der Waals surface area contributed by atoms with Gasteiger partial charge in [0.1, 0.15) is 15.7 Å². The summed E-state index contributed by atoms with van der Waals surface area (Å²) in [6.45, 7) is 0.763. The molecule has 1 aromatic heterocycles. The average molecular weight is 495 g/mol. The minimum Gasteiger partial charge on any atom is -0.327 e. The lowest BCUT2D eigenvalue weighted by atomic mass is 10.0. The van der Waals surface area contributed by atoms with Crippen molar-refractivity contribution in [2.24, 2.45) is 0 Å². The van der Waals surface area contributed by atoms with Crippen LogP contribution >= 0.6 is 11.3 Å². The van der Waals surface area contributed by atoms with E-state index in [-0.39, 0.29) is 0 Å². The van der Waals surface area contributed by atoms with E-state index in [2.05, 4.69) is 144 Å². The third kappa shape index (κ3) is 5.09. The van der Waals surface area contributed by atoms with Gasteiger partial charge in [0.15, 0.2) is 0 Å². The molecule has 5 aromatic carbocycles. The van der Waals surface area contributed by atoms with Gasteiger partial charge in [-0.25, -0.2) is 4.98 Å². The Morgan fingerprint density at radius 3 is 1.59 bits per heavy atom. The molecule has 0 aliphatic carbocycles. The second kappa shape index (κ2) is 10.7. The van der Waals surface area contributed by atoms with Crippen LogP contribution in [0, 0.1) is 0 Å². The first kappa shape index (κ1) is 23.0. The van der Waals surface area contributed by atoms with Gasteiger partial charge in [-0.05, 0) is 28.8 Å². The lowest BCUT2D eigenvalue weighted by Crippen LogP contribution is -2.16. The van der Waals surface area contributed by atoms with Gasteiger partial charge in [-0.3, -0.25) is 0 Å². The summed E-state index contributed by atoms with van der Waals surface area (Å²) in [5.41, 5.74) is 8.09. The Morgan fingerprint density at radius 2 is 0.973 bits per heavy atom. The molecule has 6 rings (SSSR count). The normalized spacial score (nSPS) is 10.8. The van der Waals surface area contributed by atoms with E-state index in [0.29, 0.717) is 0 Å². The summed E-state index contributed by atoms with van der Waals surface area (Å²) in [6, 6.07) is 51.0. The highest BCUT2D eigenvalue weighted by Gasteiger charge is 2.21. The van der Waals surface area contributed by atoms with Crippen LogP contribution in [0.1, 0.15) is 5.56 Å². The Bertz CT molecular complexity index is 1560. The number of hydrogen-bond acceptors (Lipinski definition) is 3. The number of rotatable bonds is 7. The maximum atomic E-state index is 5.22. The van der Waals surface area contributed by atoms with Gasteiger partial charge < -0.3 is 4.90 Å². The van der Waals surface area contributed by atoms with E-state index >= 15 is 0 Å². The summed E-state index contributed by atoms with van der Waals surface area (Å²) in [5, 5.41) is 2.16. The fourth-order valence-electron chi connectivity index (χ4n) is 4.49. The van der Waals surface area contributed by atoms with E-state index < -0.39 is 0 Å². The second-order valence-electron chi connectivity index (χ2n) is 8.89. The molecule has 0 saturated carbocycles. The van der Waals surface area contributed by atoms with Crippen molar-refractivity contribution < 1.29 is 0 Å². The molecular formula is C34H26N2S. The summed E-state index contributed by atoms with van der Waals surface area (Å²) >= 11 is 1.75. The lowest BCUT2D eigenvalue weighted by molar-refractivity contribution is 0.986. The number of thiazole rings is 1. The van der Waals surface area contributed by atoms with Crippen molar-refractivity contribution >= 4 is 22.0 Å². The van der Waals surface area contributed by atoms with Crippen LogP contribution in [0.25, 0.3) is 33.0 Å². The van der Waals surface area contributed by atoms with Gasteiger partial charge in [0, 0.05) is 23.4 Å². The maximum absolute atomic E-state index is 5.22. The largest absolute Gasteiger partial charge is 0.327 e. The first-order valence-electron chi connectivity index (χ1n) is 12.4. The molecule has 0 bridgehead atoms. The van der Waals surface area contributed by atoms with Gasteiger partial charge in [0.05, 0.1) is 0 Å². The van der Waals surface area contributed by atoms with Crippen LogP contribution in [-0.4, -0.2) is 4.98 Å². The Morgan fingerprint density at radius 1 is 0.486 bits per heavy atom. The quantitative estimate of drug-likeness (QED) is 0.220. The van der Waals surface area contributed by atoms with Gasteiger partial charge in [0.25, 0.3) is 0 Å². The molecule has 0 fully saturated rings.